The minimum absolute atomic E-state index is 0.0962. The van der Waals surface area contributed by atoms with Crippen molar-refractivity contribution in [3.8, 4) is 0 Å². The van der Waals surface area contributed by atoms with Crippen LogP contribution in [-0.4, -0.2) is 50.3 Å². The van der Waals surface area contributed by atoms with Gasteiger partial charge in [0.1, 0.15) is 17.8 Å². The van der Waals surface area contributed by atoms with Gasteiger partial charge in [0.25, 0.3) is 5.91 Å². The Bertz CT molecular complexity index is 964. The second-order valence-corrected chi connectivity index (χ2v) is 6.24. The first-order valence-electron chi connectivity index (χ1n) is 8.13. The molecule has 0 atom stereocenters. The van der Waals surface area contributed by atoms with Crippen LogP contribution < -0.4 is 10.2 Å². The maximum atomic E-state index is 12.5. The molecule has 0 unspecified atom stereocenters. The first-order chi connectivity index (χ1) is 12.9. The molecule has 0 bridgehead atoms. The van der Waals surface area contributed by atoms with Gasteiger partial charge in [-0.25, -0.2) is 0 Å². The zero-order chi connectivity index (χ0) is 19.0. The molecule has 1 aliphatic heterocycles. The number of pyridine rings is 1. The van der Waals surface area contributed by atoms with E-state index in [1.54, 1.807) is 4.52 Å². The van der Waals surface area contributed by atoms with E-state index in [4.69, 9.17) is 0 Å². The van der Waals surface area contributed by atoms with E-state index in [-0.39, 0.29) is 11.5 Å². The summed E-state index contributed by atoms with van der Waals surface area (Å²) in [5.74, 6) is 0.574. The Morgan fingerprint density at radius 3 is 2.74 bits per heavy atom. The third kappa shape index (κ3) is 3.52. The van der Waals surface area contributed by atoms with Crippen molar-refractivity contribution in [2.45, 2.75) is 6.18 Å². The minimum Gasteiger partial charge on any atom is -0.354 e. The van der Waals surface area contributed by atoms with Crippen LogP contribution >= 0.6 is 0 Å². The molecule has 1 aliphatic rings. The number of amides is 1. The lowest BCUT2D eigenvalue weighted by Gasteiger charge is -2.40. The Morgan fingerprint density at radius 2 is 2.04 bits per heavy atom. The molecule has 1 saturated heterocycles. The van der Waals surface area contributed by atoms with Gasteiger partial charge in [0.2, 0.25) is 0 Å². The number of carbonyl (C=O) groups excluding carboxylic acids is 1. The van der Waals surface area contributed by atoms with Gasteiger partial charge in [-0.1, -0.05) is 0 Å². The highest BCUT2D eigenvalue weighted by atomic mass is 19.4. The molecule has 1 amide bonds. The fourth-order valence-corrected chi connectivity index (χ4v) is 2.81. The quantitative estimate of drug-likeness (QED) is 0.740. The van der Waals surface area contributed by atoms with E-state index in [1.165, 1.54) is 6.33 Å². The molecule has 1 N–H and O–H groups in total. The highest BCUT2D eigenvalue weighted by Gasteiger charge is 2.32. The van der Waals surface area contributed by atoms with Crippen LogP contribution in [0.1, 0.15) is 16.1 Å². The van der Waals surface area contributed by atoms with Crippen LogP contribution in [-0.2, 0) is 6.18 Å². The fraction of sp³-hybridized carbons (Fsp3) is 0.312. The Hall–Kier alpha value is -3.24. The Balaban J connectivity index is 1.28. The molecule has 11 heteroatoms. The molecule has 0 spiro atoms. The van der Waals surface area contributed by atoms with E-state index in [0.29, 0.717) is 25.3 Å². The molecule has 1 fully saturated rings. The lowest BCUT2D eigenvalue weighted by molar-refractivity contribution is -0.141. The first-order valence-corrected chi connectivity index (χ1v) is 8.13. The van der Waals surface area contributed by atoms with Crippen LogP contribution in [0.5, 0.6) is 0 Å². The Morgan fingerprint density at radius 1 is 1.22 bits per heavy atom. The van der Waals surface area contributed by atoms with Gasteiger partial charge >= 0.3 is 6.18 Å². The fourth-order valence-electron chi connectivity index (χ4n) is 2.81. The van der Waals surface area contributed by atoms with Gasteiger partial charge < -0.3 is 10.2 Å². The van der Waals surface area contributed by atoms with Crippen molar-refractivity contribution < 1.29 is 18.0 Å². The predicted octanol–water partition coefficient (Wildman–Crippen LogP) is 1.40. The minimum atomic E-state index is -4.52. The van der Waals surface area contributed by atoms with Crippen LogP contribution in [0.25, 0.3) is 5.65 Å². The number of fused-ring (bicyclic) bond motifs is 1. The van der Waals surface area contributed by atoms with E-state index in [0.717, 1.165) is 24.1 Å². The monoisotopic (exact) mass is 377 g/mol. The molecular weight excluding hydrogens is 363 g/mol. The number of hydrogen-bond acceptors (Lipinski definition) is 6. The third-order valence-corrected chi connectivity index (χ3v) is 4.30. The van der Waals surface area contributed by atoms with Crippen molar-refractivity contribution in [1.29, 1.82) is 0 Å². The van der Waals surface area contributed by atoms with E-state index in [2.05, 4.69) is 30.5 Å². The standard InChI is InChI=1S/C16H14F3N7O/c17-16(18,19)12-2-1-11(6-20-12)15(27)21-5-10-7-25(8-10)14-4-3-13-23-22-9-26(13)24-14/h1-4,6,9-10H,5,7-8H2,(H,21,27). The molecule has 8 nitrogen and oxygen atoms in total. The van der Waals surface area contributed by atoms with Crippen molar-refractivity contribution in [2.75, 3.05) is 24.5 Å². The number of aromatic nitrogens is 5. The van der Waals surface area contributed by atoms with Crippen LogP contribution in [0.15, 0.2) is 36.8 Å². The summed E-state index contributed by atoms with van der Waals surface area (Å²) in [6.45, 7) is 1.85. The maximum Gasteiger partial charge on any atom is 0.433 e. The summed E-state index contributed by atoms with van der Waals surface area (Å²) in [7, 11) is 0. The molecule has 4 heterocycles. The number of rotatable bonds is 4. The number of nitrogens with zero attached hydrogens (tertiary/aromatic N) is 6. The van der Waals surface area contributed by atoms with E-state index >= 15 is 0 Å². The molecule has 4 rings (SSSR count). The molecule has 3 aromatic heterocycles. The lowest BCUT2D eigenvalue weighted by Crippen LogP contribution is -2.52. The molecular formula is C16H14F3N7O. The predicted molar refractivity (Wildman–Crippen MR) is 88.1 cm³/mol. The smallest absolute Gasteiger partial charge is 0.354 e. The SMILES string of the molecule is O=C(NCC1CN(c2ccc3nncn3n2)C1)c1ccc(C(F)(F)F)nc1. The molecule has 0 saturated carbocycles. The lowest BCUT2D eigenvalue weighted by atomic mass is 10.00. The molecule has 3 aromatic rings. The first kappa shape index (κ1) is 17.2. The number of halogens is 3. The van der Waals surface area contributed by atoms with Gasteiger partial charge in [0.05, 0.1) is 5.56 Å². The Labute approximate surface area is 151 Å². The average Bonchev–Trinajstić information content (AvgIpc) is 3.07. The van der Waals surface area contributed by atoms with E-state index in [9.17, 15) is 18.0 Å². The number of alkyl halides is 3. The molecule has 27 heavy (non-hydrogen) atoms. The van der Waals surface area contributed by atoms with E-state index < -0.39 is 17.8 Å². The summed E-state index contributed by atoms with van der Waals surface area (Å²) in [6, 6.07) is 5.60. The summed E-state index contributed by atoms with van der Waals surface area (Å²) in [5.41, 5.74) is -0.265. The second kappa shape index (κ2) is 6.49. The highest BCUT2D eigenvalue weighted by molar-refractivity contribution is 5.93. The number of nitrogens with one attached hydrogen (secondary N) is 1. The zero-order valence-electron chi connectivity index (χ0n) is 13.9. The second-order valence-electron chi connectivity index (χ2n) is 6.24. The summed E-state index contributed by atoms with van der Waals surface area (Å²) >= 11 is 0. The normalized spacial score (nSPS) is 15.0. The molecule has 0 radical (unpaired) electrons. The van der Waals surface area contributed by atoms with Crippen LogP contribution in [0.2, 0.25) is 0 Å². The maximum absolute atomic E-state index is 12.5. The van der Waals surface area contributed by atoms with Crippen molar-refractivity contribution in [3.63, 3.8) is 0 Å². The number of anilines is 1. The topological polar surface area (TPSA) is 88.3 Å². The third-order valence-electron chi connectivity index (χ3n) is 4.30. The summed E-state index contributed by atoms with van der Waals surface area (Å²) in [6.07, 6.45) is -2.06. The molecule has 0 aliphatic carbocycles. The van der Waals surface area contributed by atoms with Crippen molar-refractivity contribution in [2.24, 2.45) is 5.92 Å². The van der Waals surface area contributed by atoms with Crippen molar-refractivity contribution in [1.82, 2.24) is 30.1 Å². The van der Waals surface area contributed by atoms with Gasteiger partial charge in [0.15, 0.2) is 5.65 Å². The van der Waals surface area contributed by atoms with Gasteiger partial charge in [-0.05, 0) is 24.3 Å². The largest absolute Gasteiger partial charge is 0.433 e. The average molecular weight is 377 g/mol. The van der Waals surface area contributed by atoms with Crippen LogP contribution in [0, 0.1) is 5.92 Å². The van der Waals surface area contributed by atoms with Crippen molar-refractivity contribution >= 4 is 17.4 Å². The van der Waals surface area contributed by atoms with E-state index in [1.807, 2.05) is 12.1 Å². The summed E-state index contributed by atoms with van der Waals surface area (Å²) in [5, 5.41) is 14.8. The number of hydrogen-bond donors (Lipinski definition) is 1. The molecule has 140 valence electrons. The van der Waals surface area contributed by atoms with Gasteiger partial charge in [-0.3, -0.25) is 9.78 Å². The van der Waals surface area contributed by atoms with Crippen LogP contribution in [0.3, 0.4) is 0 Å². The van der Waals surface area contributed by atoms with Crippen LogP contribution in [0.4, 0.5) is 19.0 Å². The Kier molecular flexibility index (Phi) is 4.13. The molecule has 0 aromatic carbocycles. The zero-order valence-corrected chi connectivity index (χ0v) is 13.9. The van der Waals surface area contributed by atoms with Gasteiger partial charge in [0, 0.05) is 31.7 Å². The summed E-state index contributed by atoms with van der Waals surface area (Å²) < 4.78 is 39.1. The highest BCUT2D eigenvalue weighted by Crippen LogP contribution is 2.27. The summed E-state index contributed by atoms with van der Waals surface area (Å²) in [4.78, 5) is 17.4. The van der Waals surface area contributed by atoms with Crippen molar-refractivity contribution in [3.05, 3.63) is 48.0 Å². The number of carbonyl (C=O) groups is 1. The van der Waals surface area contributed by atoms with Gasteiger partial charge in [-0.2, -0.15) is 17.7 Å². The van der Waals surface area contributed by atoms with Gasteiger partial charge in [-0.15, -0.1) is 15.3 Å².